The minimum Gasteiger partial charge on any atom is -0.503 e. The largest absolute Gasteiger partial charge is 0.503 e. The van der Waals surface area contributed by atoms with Crippen LogP contribution in [0, 0.1) is 0 Å². The molecule has 0 aromatic carbocycles. The Kier molecular flexibility index (Phi) is 1.81. The SMILES string of the molecule is O=C(O)C1(O)OC=C(O)C(O)=C1O. The molecule has 7 nitrogen and oxygen atoms in total. The number of carboxylic acids is 1. The third-order valence-corrected chi connectivity index (χ3v) is 1.42. The number of ether oxygens (including phenoxy) is 1. The van der Waals surface area contributed by atoms with Gasteiger partial charge in [0.1, 0.15) is 6.26 Å². The van der Waals surface area contributed by atoms with E-state index in [1.165, 1.54) is 0 Å². The maximum absolute atomic E-state index is 10.3. The minimum atomic E-state index is -3.05. The maximum Gasteiger partial charge on any atom is 0.386 e. The summed E-state index contributed by atoms with van der Waals surface area (Å²) in [5.41, 5.74) is 0. The van der Waals surface area contributed by atoms with Crippen molar-refractivity contribution in [3.05, 3.63) is 23.5 Å². The molecule has 0 aromatic heterocycles. The number of aliphatic hydroxyl groups excluding tert-OH is 3. The van der Waals surface area contributed by atoms with Crippen molar-refractivity contribution in [2.24, 2.45) is 0 Å². The van der Waals surface area contributed by atoms with Crippen molar-refractivity contribution in [2.75, 3.05) is 0 Å². The van der Waals surface area contributed by atoms with Crippen molar-refractivity contribution < 1.29 is 35.1 Å². The van der Waals surface area contributed by atoms with E-state index < -0.39 is 29.0 Å². The highest BCUT2D eigenvalue weighted by Gasteiger charge is 2.48. The third-order valence-electron chi connectivity index (χ3n) is 1.42. The highest BCUT2D eigenvalue weighted by atomic mass is 16.7. The number of carbonyl (C=O) groups is 1. The number of hydrogen-bond donors (Lipinski definition) is 5. The molecule has 0 bridgehead atoms. The van der Waals surface area contributed by atoms with Crippen LogP contribution in [-0.4, -0.2) is 37.3 Å². The van der Waals surface area contributed by atoms with Crippen LogP contribution < -0.4 is 0 Å². The molecule has 0 saturated heterocycles. The predicted molar refractivity (Wildman–Crippen MR) is 36.7 cm³/mol. The van der Waals surface area contributed by atoms with Gasteiger partial charge in [-0.15, -0.1) is 0 Å². The lowest BCUT2D eigenvalue weighted by molar-refractivity contribution is -0.204. The van der Waals surface area contributed by atoms with Crippen molar-refractivity contribution in [1.29, 1.82) is 0 Å². The summed E-state index contributed by atoms with van der Waals surface area (Å²) < 4.78 is 4.10. The molecule has 13 heavy (non-hydrogen) atoms. The van der Waals surface area contributed by atoms with Gasteiger partial charge in [0.05, 0.1) is 0 Å². The molecule has 0 amide bonds. The molecule has 0 aromatic rings. The molecular formula is C6H6O7. The minimum absolute atomic E-state index is 0.406. The number of aliphatic hydroxyl groups is 4. The Hall–Kier alpha value is -1.89. The van der Waals surface area contributed by atoms with Gasteiger partial charge in [-0.2, -0.15) is 0 Å². The first-order chi connectivity index (χ1) is 5.89. The fourth-order valence-electron chi connectivity index (χ4n) is 0.686. The summed E-state index contributed by atoms with van der Waals surface area (Å²) in [6, 6.07) is 0. The van der Waals surface area contributed by atoms with Crippen LogP contribution in [0.3, 0.4) is 0 Å². The third kappa shape index (κ3) is 1.14. The molecular weight excluding hydrogens is 184 g/mol. The topological polar surface area (TPSA) is 127 Å². The van der Waals surface area contributed by atoms with E-state index in [4.69, 9.17) is 25.5 Å². The van der Waals surface area contributed by atoms with Crippen LogP contribution in [0.25, 0.3) is 0 Å². The number of rotatable bonds is 1. The molecule has 0 fully saturated rings. The van der Waals surface area contributed by atoms with Crippen molar-refractivity contribution >= 4 is 5.97 Å². The van der Waals surface area contributed by atoms with Gasteiger partial charge in [-0.1, -0.05) is 0 Å². The molecule has 1 aliphatic heterocycles. The van der Waals surface area contributed by atoms with Gasteiger partial charge in [0.25, 0.3) is 0 Å². The zero-order valence-corrected chi connectivity index (χ0v) is 6.13. The summed E-state index contributed by atoms with van der Waals surface area (Å²) in [6.45, 7) is 0. The first-order valence-corrected chi connectivity index (χ1v) is 3.05. The van der Waals surface area contributed by atoms with E-state index >= 15 is 0 Å². The van der Waals surface area contributed by atoms with Gasteiger partial charge in [-0.05, 0) is 0 Å². The lowest BCUT2D eigenvalue weighted by Gasteiger charge is -2.25. The van der Waals surface area contributed by atoms with Crippen molar-refractivity contribution in [3.63, 3.8) is 0 Å². The highest BCUT2D eigenvalue weighted by Crippen LogP contribution is 2.27. The Bertz CT molecular complexity index is 315. The van der Waals surface area contributed by atoms with E-state index in [1.807, 2.05) is 0 Å². The number of carboxylic acid groups (broad SMARTS) is 1. The standard InChI is InChI=1S/C6H6O7/c7-2-1-13-6(12,5(10)11)4(9)3(2)8/h1,7-9,12H,(H,10,11). The maximum atomic E-state index is 10.3. The predicted octanol–water partition coefficient (Wildman–Crippen LogP) is -0.483. The van der Waals surface area contributed by atoms with Gasteiger partial charge in [-0.25, -0.2) is 4.79 Å². The Morgan fingerprint density at radius 3 is 2.38 bits per heavy atom. The molecule has 1 atom stereocenters. The van der Waals surface area contributed by atoms with Gasteiger partial charge >= 0.3 is 11.8 Å². The second-order valence-electron chi connectivity index (χ2n) is 2.27. The summed E-state index contributed by atoms with van der Waals surface area (Å²) in [5.74, 6) is -8.35. The van der Waals surface area contributed by atoms with Crippen LogP contribution in [0.4, 0.5) is 0 Å². The van der Waals surface area contributed by atoms with E-state index in [1.54, 1.807) is 0 Å². The van der Waals surface area contributed by atoms with Crippen molar-refractivity contribution in [1.82, 2.24) is 0 Å². The highest BCUT2D eigenvalue weighted by molar-refractivity contribution is 5.79. The van der Waals surface area contributed by atoms with E-state index in [2.05, 4.69) is 4.74 Å². The Morgan fingerprint density at radius 2 is 1.92 bits per heavy atom. The molecule has 1 rings (SSSR count). The van der Waals surface area contributed by atoms with E-state index in [0.29, 0.717) is 6.26 Å². The molecule has 0 saturated carbocycles. The molecule has 0 radical (unpaired) electrons. The first kappa shape index (κ1) is 9.20. The van der Waals surface area contributed by atoms with Crippen LogP contribution in [0.15, 0.2) is 23.5 Å². The molecule has 72 valence electrons. The van der Waals surface area contributed by atoms with E-state index in [9.17, 15) is 4.79 Å². The Morgan fingerprint density at radius 1 is 1.38 bits per heavy atom. The number of hydrogen-bond acceptors (Lipinski definition) is 6. The summed E-state index contributed by atoms with van der Waals surface area (Å²) in [7, 11) is 0. The van der Waals surface area contributed by atoms with Crippen LogP contribution in [0.1, 0.15) is 0 Å². The molecule has 0 aliphatic carbocycles. The normalized spacial score (nSPS) is 27.9. The zero-order valence-electron chi connectivity index (χ0n) is 6.13. The summed E-state index contributed by atoms with van der Waals surface area (Å²) in [5, 5.41) is 43.9. The second kappa shape index (κ2) is 2.56. The van der Waals surface area contributed by atoms with Crippen LogP contribution in [-0.2, 0) is 9.53 Å². The van der Waals surface area contributed by atoms with Gasteiger partial charge in [0.2, 0.25) is 11.5 Å². The molecule has 7 heteroatoms. The van der Waals surface area contributed by atoms with Gasteiger partial charge in [0, 0.05) is 0 Å². The second-order valence-corrected chi connectivity index (χ2v) is 2.27. The lowest BCUT2D eigenvalue weighted by Crippen LogP contribution is -2.44. The Labute approximate surface area is 71.4 Å². The average molecular weight is 190 g/mol. The fourth-order valence-corrected chi connectivity index (χ4v) is 0.686. The van der Waals surface area contributed by atoms with Gasteiger partial charge < -0.3 is 30.3 Å². The molecule has 0 spiro atoms. The fraction of sp³-hybridized carbons (Fsp3) is 0.167. The molecule has 5 N–H and O–H groups in total. The monoisotopic (exact) mass is 190 g/mol. The summed E-state index contributed by atoms with van der Waals surface area (Å²) in [6.07, 6.45) is 0.406. The van der Waals surface area contributed by atoms with Crippen molar-refractivity contribution in [3.8, 4) is 0 Å². The van der Waals surface area contributed by atoms with Crippen LogP contribution in [0.2, 0.25) is 0 Å². The van der Waals surface area contributed by atoms with Gasteiger partial charge in [-0.3, -0.25) is 0 Å². The summed E-state index contributed by atoms with van der Waals surface area (Å²) >= 11 is 0. The van der Waals surface area contributed by atoms with Crippen LogP contribution in [0.5, 0.6) is 0 Å². The first-order valence-electron chi connectivity index (χ1n) is 3.05. The lowest BCUT2D eigenvalue weighted by atomic mass is 10.1. The number of aliphatic carboxylic acids is 1. The van der Waals surface area contributed by atoms with Gasteiger partial charge in [0.15, 0.2) is 5.76 Å². The summed E-state index contributed by atoms with van der Waals surface area (Å²) in [4.78, 5) is 10.3. The molecule has 1 heterocycles. The van der Waals surface area contributed by atoms with Crippen LogP contribution >= 0.6 is 0 Å². The Balaban J connectivity index is 3.18. The van der Waals surface area contributed by atoms with Crippen molar-refractivity contribution in [2.45, 2.75) is 5.79 Å². The zero-order chi connectivity index (χ0) is 10.2. The molecule has 1 aliphatic rings. The van der Waals surface area contributed by atoms with E-state index in [0.717, 1.165) is 0 Å². The average Bonchev–Trinajstić information content (AvgIpc) is 2.08. The molecule has 1 unspecified atom stereocenters. The smallest absolute Gasteiger partial charge is 0.386 e. The quantitative estimate of drug-likeness (QED) is 0.377. The van der Waals surface area contributed by atoms with E-state index in [-0.39, 0.29) is 0 Å².